The Morgan fingerprint density at radius 2 is 1.86 bits per heavy atom. The molecule has 1 aromatic heterocycles. The Bertz CT molecular complexity index is 828. The smallest absolute Gasteiger partial charge is 0.272 e. The lowest BCUT2D eigenvalue weighted by atomic mass is 10.1. The molecule has 0 unspecified atom stereocenters. The van der Waals surface area contributed by atoms with Crippen molar-refractivity contribution in [3.05, 3.63) is 59.4 Å². The van der Waals surface area contributed by atoms with Gasteiger partial charge in [0.05, 0.1) is 6.10 Å². The molecule has 2 heterocycles. The van der Waals surface area contributed by atoms with Crippen molar-refractivity contribution in [1.29, 1.82) is 0 Å². The third-order valence-electron chi connectivity index (χ3n) is 5.25. The number of aliphatic hydroxyl groups is 1. The van der Waals surface area contributed by atoms with Gasteiger partial charge in [-0.1, -0.05) is 29.8 Å². The largest absolute Gasteiger partial charge is 0.393 e. The first-order valence-electron chi connectivity index (χ1n) is 10.3. The van der Waals surface area contributed by atoms with Crippen molar-refractivity contribution in [2.75, 3.05) is 18.4 Å². The number of aryl methyl sites for hydroxylation is 2. The Hall–Kier alpha value is -2.73. The standard InChI is InChI=1S/C23H29N3O3/c1-17-6-8-18(9-7-17)4-2-3-5-22(28)25-19-10-13-24-21(16-19)23(29)26-14-11-20(27)12-15-26/h6-10,13,16,20,27H,2-5,11-12,14-15H2,1H3,(H,24,25,28). The Balaban J connectivity index is 1.44. The van der Waals surface area contributed by atoms with Crippen molar-refractivity contribution in [2.24, 2.45) is 0 Å². The van der Waals surface area contributed by atoms with Gasteiger partial charge in [0.25, 0.3) is 5.91 Å². The van der Waals surface area contributed by atoms with Gasteiger partial charge in [0, 0.05) is 31.4 Å². The molecule has 6 nitrogen and oxygen atoms in total. The Labute approximate surface area is 172 Å². The van der Waals surface area contributed by atoms with E-state index in [0.29, 0.717) is 43.7 Å². The van der Waals surface area contributed by atoms with Crippen LogP contribution in [-0.2, 0) is 11.2 Å². The van der Waals surface area contributed by atoms with E-state index in [-0.39, 0.29) is 17.9 Å². The maximum atomic E-state index is 12.6. The number of nitrogens with one attached hydrogen (secondary N) is 1. The highest BCUT2D eigenvalue weighted by molar-refractivity contribution is 5.95. The van der Waals surface area contributed by atoms with Crippen molar-refractivity contribution in [1.82, 2.24) is 9.88 Å². The fourth-order valence-corrected chi connectivity index (χ4v) is 3.45. The molecule has 2 aromatic rings. The number of aliphatic hydroxyl groups excluding tert-OH is 1. The minimum atomic E-state index is -0.330. The number of likely N-dealkylation sites (tertiary alicyclic amines) is 1. The summed E-state index contributed by atoms with van der Waals surface area (Å²) in [4.78, 5) is 30.7. The zero-order valence-electron chi connectivity index (χ0n) is 16.9. The summed E-state index contributed by atoms with van der Waals surface area (Å²) in [6.07, 6.45) is 5.56. The molecule has 29 heavy (non-hydrogen) atoms. The number of benzene rings is 1. The molecule has 154 valence electrons. The average Bonchev–Trinajstić information content (AvgIpc) is 2.73. The number of pyridine rings is 1. The van der Waals surface area contributed by atoms with Crippen molar-refractivity contribution < 1.29 is 14.7 Å². The minimum Gasteiger partial charge on any atom is -0.393 e. The molecule has 3 rings (SSSR count). The van der Waals surface area contributed by atoms with Crippen LogP contribution in [0.15, 0.2) is 42.6 Å². The van der Waals surface area contributed by atoms with Crippen LogP contribution in [0.5, 0.6) is 0 Å². The Morgan fingerprint density at radius 3 is 2.59 bits per heavy atom. The number of amides is 2. The topological polar surface area (TPSA) is 82.5 Å². The third-order valence-corrected chi connectivity index (χ3v) is 5.25. The van der Waals surface area contributed by atoms with E-state index < -0.39 is 0 Å². The highest BCUT2D eigenvalue weighted by Gasteiger charge is 2.23. The first-order chi connectivity index (χ1) is 14.0. The normalized spacial score (nSPS) is 14.6. The van der Waals surface area contributed by atoms with Crippen molar-refractivity contribution >= 4 is 17.5 Å². The van der Waals surface area contributed by atoms with E-state index in [0.717, 1.165) is 19.3 Å². The summed E-state index contributed by atoms with van der Waals surface area (Å²) in [6, 6.07) is 11.8. The van der Waals surface area contributed by atoms with Crippen LogP contribution in [-0.4, -0.2) is 46.0 Å². The molecule has 1 aliphatic heterocycles. The quantitative estimate of drug-likeness (QED) is 0.705. The first-order valence-corrected chi connectivity index (χ1v) is 10.3. The number of unbranched alkanes of at least 4 members (excludes halogenated alkanes) is 1. The summed E-state index contributed by atoms with van der Waals surface area (Å²) in [7, 11) is 0. The van der Waals surface area contributed by atoms with Crippen LogP contribution in [0.2, 0.25) is 0 Å². The number of anilines is 1. The number of carbonyl (C=O) groups excluding carboxylic acids is 2. The lowest BCUT2D eigenvalue weighted by Crippen LogP contribution is -2.40. The second-order valence-corrected chi connectivity index (χ2v) is 7.69. The molecule has 6 heteroatoms. The molecule has 1 aromatic carbocycles. The molecule has 0 radical (unpaired) electrons. The fourth-order valence-electron chi connectivity index (χ4n) is 3.45. The van der Waals surface area contributed by atoms with Crippen LogP contribution in [0.4, 0.5) is 5.69 Å². The van der Waals surface area contributed by atoms with Gasteiger partial charge in [0.2, 0.25) is 5.91 Å². The van der Waals surface area contributed by atoms with E-state index in [1.165, 1.54) is 11.1 Å². The highest BCUT2D eigenvalue weighted by Crippen LogP contribution is 2.16. The van der Waals surface area contributed by atoms with Crippen LogP contribution >= 0.6 is 0 Å². The fraction of sp³-hybridized carbons (Fsp3) is 0.435. The molecule has 1 fully saturated rings. The predicted octanol–water partition coefficient (Wildman–Crippen LogP) is 3.34. The van der Waals surface area contributed by atoms with Crippen molar-refractivity contribution in [2.45, 2.75) is 51.6 Å². The van der Waals surface area contributed by atoms with Gasteiger partial charge in [-0.25, -0.2) is 0 Å². The summed E-state index contributed by atoms with van der Waals surface area (Å²) in [6.45, 7) is 3.13. The summed E-state index contributed by atoms with van der Waals surface area (Å²) < 4.78 is 0. The molecule has 0 aliphatic carbocycles. The van der Waals surface area contributed by atoms with E-state index in [1.807, 2.05) is 0 Å². The maximum absolute atomic E-state index is 12.6. The van der Waals surface area contributed by atoms with Crippen LogP contribution < -0.4 is 5.32 Å². The zero-order valence-corrected chi connectivity index (χ0v) is 16.9. The second kappa shape index (κ2) is 10.2. The highest BCUT2D eigenvalue weighted by atomic mass is 16.3. The summed E-state index contributed by atoms with van der Waals surface area (Å²) in [5.41, 5.74) is 3.45. The van der Waals surface area contributed by atoms with Gasteiger partial charge in [-0.2, -0.15) is 0 Å². The van der Waals surface area contributed by atoms with Gasteiger partial charge >= 0.3 is 0 Å². The van der Waals surface area contributed by atoms with Crippen molar-refractivity contribution in [3.63, 3.8) is 0 Å². The minimum absolute atomic E-state index is 0.0559. The number of hydrogen-bond acceptors (Lipinski definition) is 4. The van der Waals surface area contributed by atoms with Crippen LogP contribution in [0, 0.1) is 6.92 Å². The van der Waals surface area contributed by atoms with E-state index in [2.05, 4.69) is 41.5 Å². The number of hydrogen-bond donors (Lipinski definition) is 2. The van der Waals surface area contributed by atoms with E-state index in [1.54, 1.807) is 23.2 Å². The zero-order chi connectivity index (χ0) is 20.6. The molecule has 0 atom stereocenters. The van der Waals surface area contributed by atoms with Gasteiger partial charge in [-0.15, -0.1) is 0 Å². The Kier molecular flexibility index (Phi) is 7.36. The lowest BCUT2D eigenvalue weighted by Gasteiger charge is -2.29. The molecule has 1 aliphatic rings. The molecular formula is C23H29N3O3. The van der Waals surface area contributed by atoms with Gasteiger partial charge in [-0.3, -0.25) is 14.6 Å². The predicted molar refractivity (Wildman–Crippen MR) is 113 cm³/mol. The average molecular weight is 396 g/mol. The summed E-state index contributed by atoms with van der Waals surface area (Å²) in [5.74, 6) is -0.217. The second-order valence-electron chi connectivity index (χ2n) is 7.69. The van der Waals surface area contributed by atoms with Gasteiger partial charge < -0.3 is 15.3 Å². The number of rotatable bonds is 7. The molecule has 2 N–H and O–H groups in total. The molecule has 0 spiro atoms. The molecule has 0 saturated carbocycles. The molecule has 2 amide bonds. The van der Waals surface area contributed by atoms with Gasteiger partial charge in [-0.05, 0) is 56.7 Å². The number of carbonyl (C=O) groups is 2. The van der Waals surface area contributed by atoms with Crippen molar-refractivity contribution in [3.8, 4) is 0 Å². The molecule has 1 saturated heterocycles. The number of nitrogens with zero attached hydrogens (tertiary/aromatic N) is 2. The van der Waals surface area contributed by atoms with Gasteiger partial charge in [0.1, 0.15) is 5.69 Å². The lowest BCUT2D eigenvalue weighted by molar-refractivity contribution is -0.116. The van der Waals surface area contributed by atoms with Crippen LogP contribution in [0.25, 0.3) is 0 Å². The number of piperidine rings is 1. The monoisotopic (exact) mass is 395 g/mol. The summed E-state index contributed by atoms with van der Waals surface area (Å²) >= 11 is 0. The van der Waals surface area contributed by atoms with Crippen LogP contribution in [0.3, 0.4) is 0 Å². The number of aromatic nitrogens is 1. The van der Waals surface area contributed by atoms with Gasteiger partial charge in [0.15, 0.2) is 0 Å². The first kappa shape index (κ1) is 21.0. The third kappa shape index (κ3) is 6.39. The SMILES string of the molecule is Cc1ccc(CCCCC(=O)Nc2ccnc(C(=O)N3CCC(O)CC3)c2)cc1. The maximum Gasteiger partial charge on any atom is 0.272 e. The van der Waals surface area contributed by atoms with E-state index >= 15 is 0 Å². The molecule has 0 bridgehead atoms. The van der Waals surface area contributed by atoms with E-state index in [4.69, 9.17) is 0 Å². The Morgan fingerprint density at radius 1 is 1.14 bits per heavy atom. The molecular weight excluding hydrogens is 366 g/mol. The van der Waals surface area contributed by atoms with E-state index in [9.17, 15) is 14.7 Å². The summed E-state index contributed by atoms with van der Waals surface area (Å²) in [5, 5.41) is 12.4. The van der Waals surface area contributed by atoms with Crippen LogP contribution in [0.1, 0.15) is 53.7 Å².